The predicted molar refractivity (Wildman–Crippen MR) is 77.7 cm³/mol. The second-order valence-electron chi connectivity index (χ2n) is 4.42. The minimum absolute atomic E-state index is 0.493. The van der Waals surface area contributed by atoms with E-state index in [0.717, 1.165) is 19.8 Å². The minimum atomic E-state index is -6.60. The van der Waals surface area contributed by atoms with E-state index in [1.165, 1.54) is 0 Å². The molecule has 0 amide bonds. The summed E-state index contributed by atoms with van der Waals surface area (Å²) in [6, 6.07) is 0. The third kappa shape index (κ3) is 7.38. The number of rotatable bonds is 6. The number of nitrogens with one attached hydrogen (secondary N) is 1. The van der Waals surface area contributed by atoms with E-state index in [0.29, 0.717) is 0 Å². The van der Waals surface area contributed by atoms with Gasteiger partial charge < -0.3 is 14.5 Å². The normalized spacial score (nSPS) is 15.7. The molecule has 0 saturated carbocycles. The lowest BCUT2D eigenvalue weighted by Crippen LogP contribution is -2.45. The van der Waals surface area contributed by atoms with E-state index < -0.39 is 35.2 Å². The molecule has 0 saturated heterocycles. The molecule has 26 heavy (non-hydrogen) atoms. The molecule has 0 aromatic heterocycles. The van der Waals surface area contributed by atoms with Crippen LogP contribution < -0.4 is 4.13 Å². The minimum Gasteiger partial charge on any atom is -0.383 e. The number of methoxy groups -OCH3 is 1. The lowest BCUT2D eigenvalue weighted by Gasteiger charge is -2.17. The van der Waals surface area contributed by atoms with Crippen molar-refractivity contribution >= 4 is 20.0 Å². The molecule has 0 aromatic carbocycles. The lowest BCUT2D eigenvalue weighted by molar-refractivity contribution is -0.0476. The first-order chi connectivity index (χ1) is 11.6. The van der Waals surface area contributed by atoms with E-state index in [4.69, 9.17) is 4.74 Å². The van der Waals surface area contributed by atoms with Gasteiger partial charge in [-0.25, -0.2) is 16.8 Å². The van der Waals surface area contributed by atoms with Gasteiger partial charge >= 0.3 is 31.1 Å². The molecule has 0 radical (unpaired) electrons. The predicted octanol–water partition coefficient (Wildman–Crippen LogP) is 1.10. The molecule has 0 aliphatic carbocycles. The number of hydrogen-bond acceptors (Lipinski definition) is 7. The van der Waals surface area contributed by atoms with Gasteiger partial charge in [0.15, 0.2) is 0 Å². The summed E-state index contributed by atoms with van der Waals surface area (Å²) in [6.45, 7) is 6.28. The summed E-state index contributed by atoms with van der Waals surface area (Å²) in [5.41, 5.74) is -12.3. The van der Waals surface area contributed by atoms with Gasteiger partial charge in [0, 0.05) is 26.1 Å². The van der Waals surface area contributed by atoms with Gasteiger partial charge in [-0.1, -0.05) is 10.7 Å². The fraction of sp³-hybridized carbons (Fsp3) is 0.600. The largest absolute Gasteiger partial charge is 0.512 e. The third-order valence-electron chi connectivity index (χ3n) is 2.46. The third-order valence-corrected chi connectivity index (χ3v) is 5.43. The van der Waals surface area contributed by atoms with Crippen molar-refractivity contribution in [2.45, 2.75) is 11.0 Å². The topological polar surface area (TPSA) is 96.0 Å². The molecular formula is C10H15F6N3O5S2. The van der Waals surface area contributed by atoms with Crippen molar-refractivity contribution in [3.63, 3.8) is 0 Å². The molecule has 0 aromatic rings. The Morgan fingerprint density at radius 1 is 1.08 bits per heavy atom. The summed E-state index contributed by atoms with van der Waals surface area (Å²) in [5, 5.41) is 0. The van der Waals surface area contributed by atoms with E-state index in [1.807, 2.05) is 23.5 Å². The van der Waals surface area contributed by atoms with Crippen molar-refractivity contribution in [1.29, 1.82) is 0 Å². The van der Waals surface area contributed by atoms with Crippen LogP contribution in [0.5, 0.6) is 0 Å². The molecule has 1 N–H and O–H groups in total. The molecule has 0 atom stereocenters. The Bertz CT molecular complexity index is 660. The SMILES string of the molecule is C=CN1C=CN(CCOC)C1.O=S(=O)(NS(=O)(=O)C(F)(F)F)C(F)(F)F. The Labute approximate surface area is 145 Å². The van der Waals surface area contributed by atoms with Crippen molar-refractivity contribution in [3.05, 3.63) is 25.2 Å². The summed E-state index contributed by atoms with van der Waals surface area (Å²) in [7, 11) is -11.5. The number of halogens is 6. The second kappa shape index (κ2) is 8.92. The van der Waals surface area contributed by atoms with Crippen LogP contribution in [0.4, 0.5) is 26.3 Å². The van der Waals surface area contributed by atoms with Gasteiger partial charge in [-0.3, -0.25) is 0 Å². The van der Waals surface area contributed by atoms with E-state index in [2.05, 4.69) is 11.5 Å². The van der Waals surface area contributed by atoms with Crippen LogP contribution in [-0.4, -0.2) is 64.6 Å². The molecule has 1 rings (SSSR count). The number of alkyl halides is 6. The Balaban J connectivity index is 0.000000502. The molecule has 1 aliphatic heterocycles. The number of nitrogens with zero attached hydrogens (tertiary/aromatic N) is 2. The van der Waals surface area contributed by atoms with Crippen molar-refractivity contribution in [1.82, 2.24) is 13.9 Å². The number of sulfonamides is 2. The molecule has 0 fully saturated rings. The highest BCUT2D eigenvalue weighted by molar-refractivity contribution is 8.05. The maximum Gasteiger partial charge on any atom is 0.512 e. The average Bonchev–Trinajstić information content (AvgIpc) is 2.90. The van der Waals surface area contributed by atoms with Crippen LogP contribution >= 0.6 is 0 Å². The van der Waals surface area contributed by atoms with Crippen LogP contribution in [0.15, 0.2) is 25.2 Å². The van der Waals surface area contributed by atoms with Crippen LogP contribution in [0.25, 0.3) is 0 Å². The molecule has 0 bridgehead atoms. The zero-order valence-electron chi connectivity index (χ0n) is 13.1. The second-order valence-corrected chi connectivity index (χ2v) is 8.03. The Morgan fingerprint density at radius 2 is 1.54 bits per heavy atom. The first kappa shape index (κ1) is 24.5. The summed E-state index contributed by atoms with van der Waals surface area (Å²) >= 11 is 0. The molecule has 16 heteroatoms. The van der Waals surface area contributed by atoms with Crippen molar-refractivity contribution in [2.75, 3.05) is 26.9 Å². The zero-order valence-corrected chi connectivity index (χ0v) is 14.7. The Kier molecular flexibility index (Phi) is 8.39. The van der Waals surface area contributed by atoms with Crippen molar-refractivity contribution < 1.29 is 47.9 Å². The molecule has 1 heterocycles. The van der Waals surface area contributed by atoms with Gasteiger partial charge in [0.2, 0.25) is 0 Å². The number of ether oxygens (including phenoxy) is 1. The van der Waals surface area contributed by atoms with Gasteiger partial charge in [0.1, 0.15) is 0 Å². The standard InChI is InChI=1S/C8H14N2O.C2HF6NO4S2/c1-3-9-4-5-10(8-9)6-7-11-2;3-1(4,5)14(10,11)9-15(12,13)2(6,7)8/h3-5H,1,6-8H2,2H3;9H. The Morgan fingerprint density at radius 3 is 1.85 bits per heavy atom. The van der Waals surface area contributed by atoms with E-state index in [-0.39, 0.29) is 0 Å². The number of hydrogen-bond donors (Lipinski definition) is 1. The fourth-order valence-corrected chi connectivity index (χ4v) is 3.11. The van der Waals surface area contributed by atoms with E-state index in [1.54, 1.807) is 7.11 Å². The van der Waals surface area contributed by atoms with Crippen LogP contribution in [0.1, 0.15) is 0 Å². The Hall–Kier alpha value is -1.52. The van der Waals surface area contributed by atoms with Crippen molar-refractivity contribution in [3.8, 4) is 0 Å². The van der Waals surface area contributed by atoms with Gasteiger partial charge in [0.25, 0.3) is 0 Å². The van der Waals surface area contributed by atoms with E-state index in [9.17, 15) is 43.2 Å². The van der Waals surface area contributed by atoms with Gasteiger partial charge in [-0.15, -0.1) is 0 Å². The van der Waals surface area contributed by atoms with Crippen LogP contribution in [0.2, 0.25) is 0 Å². The highest BCUT2D eigenvalue weighted by Crippen LogP contribution is 2.27. The molecule has 8 nitrogen and oxygen atoms in total. The molecular weight excluding hydrogens is 420 g/mol. The smallest absolute Gasteiger partial charge is 0.383 e. The summed E-state index contributed by atoms with van der Waals surface area (Å²) in [5.74, 6) is 0. The van der Waals surface area contributed by atoms with Crippen molar-refractivity contribution in [2.24, 2.45) is 0 Å². The lowest BCUT2D eigenvalue weighted by atomic mass is 10.6. The quantitative estimate of drug-likeness (QED) is 0.624. The average molecular weight is 435 g/mol. The highest BCUT2D eigenvalue weighted by Gasteiger charge is 2.55. The van der Waals surface area contributed by atoms with Gasteiger partial charge in [-0.2, -0.15) is 26.3 Å². The molecule has 0 unspecified atom stereocenters. The monoisotopic (exact) mass is 435 g/mol. The van der Waals surface area contributed by atoms with E-state index >= 15 is 0 Å². The molecule has 154 valence electrons. The van der Waals surface area contributed by atoms with Crippen LogP contribution in [0, 0.1) is 0 Å². The molecule has 0 spiro atoms. The zero-order chi connectivity index (χ0) is 20.8. The van der Waals surface area contributed by atoms with Gasteiger partial charge in [0.05, 0.1) is 13.3 Å². The summed E-state index contributed by atoms with van der Waals surface area (Å²) in [4.78, 5) is 4.20. The first-order valence-electron chi connectivity index (χ1n) is 6.28. The maximum absolute atomic E-state index is 11.5. The summed E-state index contributed by atoms with van der Waals surface area (Å²) < 4.78 is 113. The van der Waals surface area contributed by atoms with Crippen LogP contribution in [0.3, 0.4) is 0 Å². The summed E-state index contributed by atoms with van der Waals surface area (Å²) in [6.07, 6.45) is 5.85. The maximum atomic E-state index is 11.5. The highest BCUT2D eigenvalue weighted by atomic mass is 32.3. The van der Waals surface area contributed by atoms with Crippen LogP contribution in [-0.2, 0) is 24.8 Å². The fourth-order valence-electron chi connectivity index (χ4n) is 1.20. The first-order valence-corrected chi connectivity index (χ1v) is 9.25. The van der Waals surface area contributed by atoms with Gasteiger partial charge in [-0.05, 0) is 6.20 Å². The molecule has 1 aliphatic rings.